The van der Waals surface area contributed by atoms with Gasteiger partial charge in [0.25, 0.3) is 0 Å². The van der Waals surface area contributed by atoms with Gasteiger partial charge in [-0.15, -0.1) is 0 Å². The van der Waals surface area contributed by atoms with Crippen molar-refractivity contribution in [2.24, 2.45) is 0 Å². The second-order valence-corrected chi connectivity index (χ2v) is 6.34. The van der Waals surface area contributed by atoms with E-state index in [0.717, 1.165) is 17.2 Å². The highest BCUT2D eigenvalue weighted by Gasteiger charge is 2.18. The Labute approximate surface area is 132 Å². The Bertz CT molecular complexity index is 629. The Morgan fingerprint density at radius 2 is 1.79 bits per heavy atom. The second-order valence-electron chi connectivity index (χ2n) is 4.16. The molecule has 0 aliphatic carbocycles. The molecule has 2 aromatic carbocycles. The third-order valence-electron chi connectivity index (χ3n) is 2.79. The van der Waals surface area contributed by atoms with Crippen molar-refractivity contribution < 1.29 is 8.78 Å². The third-order valence-corrected chi connectivity index (χ3v) is 4.84. The van der Waals surface area contributed by atoms with Crippen LogP contribution in [0.25, 0.3) is 0 Å². The maximum absolute atomic E-state index is 13.9. The first-order valence-corrected chi connectivity index (χ1v) is 7.53. The summed E-state index contributed by atoms with van der Waals surface area (Å²) in [6.07, 6.45) is 0. The summed E-state index contributed by atoms with van der Waals surface area (Å²) < 4.78 is 27.5. The van der Waals surface area contributed by atoms with Gasteiger partial charge in [-0.25, -0.2) is 8.78 Å². The Morgan fingerprint density at radius 1 is 1.11 bits per heavy atom. The van der Waals surface area contributed by atoms with Crippen molar-refractivity contribution in [1.82, 2.24) is 0 Å². The fourth-order valence-corrected chi connectivity index (χ4v) is 2.81. The maximum atomic E-state index is 13.9. The molecule has 0 aromatic heterocycles. The van der Waals surface area contributed by atoms with E-state index in [9.17, 15) is 8.78 Å². The van der Waals surface area contributed by atoms with Crippen LogP contribution in [0.15, 0.2) is 34.8 Å². The summed E-state index contributed by atoms with van der Waals surface area (Å²) in [5.74, 6) is -0.964. The lowest BCUT2D eigenvalue weighted by Gasteiger charge is -2.13. The smallest absolute Gasteiger partial charge is 0.137 e. The van der Waals surface area contributed by atoms with Gasteiger partial charge < -0.3 is 0 Å². The topological polar surface area (TPSA) is 0 Å². The van der Waals surface area contributed by atoms with Crippen LogP contribution >= 0.6 is 43.5 Å². The van der Waals surface area contributed by atoms with Gasteiger partial charge in [0, 0.05) is 10.6 Å². The van der Waals surface area contributed by atoms with Crippen LogP contribution in [0.2, 0.25) is 5.02 Å². The average molecular weight is 410 g/mol. The van der Waals surface area contributed by atoms with Crippen molar-refractivity contribution in [2.75, 3.05) is 0 Å². The van der Waals surface area contributed by atoms with Crippen molar-refractivity contribution in [1.29, 1.82) is 0 Å². The predicted octanol–water partition coefficient (Wildman–Crippen LogP) is 6.17. The SMILES string of the molecule is Cc1cc(C(Br)c2cc(F)c(Br)cc2F)ccc1Cl. The van der Waals surface area contributed by atoms with Gasteiger partial charge in [0.2, 0.25) is 0 Å². The molecule has 0 aliphatic rings. The highest BCUT2D eigenvalue weighted by atomic mass is 79.9. The first-order valence-electron chi connectivity index (χ1n) is 5.44. The molecule has 0 aliphatic heterocycles. The number of rotatable bonds is 2. The Kier molecular flexibility index (Phi) is 4.64. The normalized spacial score (nSPS) is 12.5. The third kappa shape index (κ3) is 3.18. The van der Waals surface area contributed by atoms with Crippen molar-refractivity contribution in [2.45, 2.75) is 11.8 Å². The van der Waals surface area contributed by atoms with Crippen LogP contribution in [0.5, 0.6) is 0 Å². The first-order chi connectivity index (χ1) is 8.90. The van der Waals surface area contributed by atoms with Crippen molar-refractivity contribution >= 4 is 43.5 Å². The molecule has 0 N–H and O–H groups in total. The van der Waals surface area contributed by atoms with Crippen LogP contribution in [-0.2, 0) is 0 Å². The van der Waals surface area contributed by atoms with Gasteiger partial charge in [-0.05, 0) is 52.2 Å². The largest absolute Gasteiger partial charge is 0.207 e. The van der Waals surface area contributed by atoms with E-state index in [0.29, 0.717) is 5.02 Å². The van der Waals surface area contributed by atoms with Crippen molar-refractivity contribution in [3.8, 4) is 0 Å². The highest BCUT2D eigenvalue weighted by molar-refractivity contribution is 9.10. The summed E-state index contributed by atoms with van der Waals surface area (Å²) in [4.78, 5) is -0.425. The maximum Gasteiger partial charge on any atom is 0.137 e. The van der Waals surface area contributed by atoms with Gasteiger partial charge in [-0.2, -0.15) is 0 Å². The quantitative estimate of drug-likeness (QED) is 0.410. The van der Waals surface area contributed by atoms with Crippen LogP contribution < -0.4 is 0 Å². The van der Waals surface area contributed by atoms with Crippen LogP contribution in [0.3, 0.4) is 0 Å². The zero-order valence-electron chi connectivity index (χ0n) is 9.85. The molecule has 2 aromatic rings. The number of hydrogen-bond acceptors (Lipinski definition) is 0. The van der Waals surface area contributed by atoms with Gasteiger partial charge in [-0.3, -0.25) is 0 Å². The standard InChI is InChI=1S/C14H9Br2ClF2/c1-7-4-8(2-3-11(7)17)14(16)9-5-13(19)10(15)6-12(9)18/h2-6,14H,1H3. The molecule has 0 bridgehead atoms. The number of benzene rings is 2. The van der Waals surface area contributed by atoms with Crippen LogP contribution in [0.4, 0.5) is 8.78 Å². The fourth-order valence-electron chi connectivity index (χ4n) is 1.74. The molecular formula is C14H9Br2ClF2. The molecule has 0 fully saturated rings. The van der Waals surface area contributed by atoms with Crippen LogP contribution in [0, 0.1) is 18.6 Å². The van der Waals surface area contributed by atoms with E-state index in [-0.39, 0.29) is 10.0 Å². The summed E-state index contributed by atoms with van der Waals surface area (Å²) in [6, 6.07) is 7.69. The zero-order valence-corrected chi connectivity index (χ0v) is 13.8. The first kappa shape index (κ1) is 14.9. The van der Waals surface area contributed by atoms with Gasteiger partial charge in [0.05, 0.1) is 9.30 Å². The average Bonchev–Trinajstić information content (AvgIpc) is 2.36. The Morgan fingerprint density at radius 3 is 2.42 bits per heavy atom. The Hall–Kier alpha value is -0.450. The monoisotopic (exact) mass is 408 g/mol. The van der Waals surface area contributed by atoms with Gasteiger partial charge >= 0.3 is 0 Å². The highest BCUT2D eigenvalue weighted by Crippen LogP contribution is 2.35. The molecule has 0 heterocycles. The number of alkyl halides is 1. The summed E-state index contributed by atoms with van der Waals surface area (Å²) in [5, 5.41) is 0.644. The molecule has 0 saturated carbocycles. The van der Waals surface area contributed by atoms with Crippen LogP contribution in [-0.4, -0.2) is 0 Å². The van der Waals surface area contributed by atoms with Gasteiger partial charge in [-0.1, -0.05) is 39.7 Å². The van der Waals surface area contributed by atoms with E-state index in [2.05, 4.69) is 31.9 Å². The van der Waals surface area contributed by atoms with Gasteiger partial charge in [0.15, 0.2) is 0 Å². The molecule has 1 unspecified atom stereocenters. The van der Waals surface area contributed by atoms with Gasteiger partial charge in [0.1, 0.15) is 11.6 Å². The number of halogens is 5. The van der Waals surface area contributed by atoms with Crippen LogP contribution in [0.1, 0.15) is 21.5 Å². The molecule has 0 radical (unpaired) electrons. The van der Waals surface area contributed by atoms with E-state index in [4.69, 9.17) is 11.6 Å². The molecule has 100 valence electrons. The number of aryl methyl sites for hydroxylation is 1. The fraction of sp³-hybridized carbons (Fsp3) is 0.143. The lowest BCUT2D eigenvalue weighted by atomic mass is 10.0. The molecule has 5 heteroatoms. The molecule has 0 saturated heterocycles. The lowest BCUT2D eigenvalue weighted by molar-refractivity contribution is 0.583. The minimum Gasteiger partial charge on any atom is -0.207 e. The Balaban J connectivity index is 2.46. The van der Waals surface area contributed by atoms with Crippen molar-refractivity contribution in [3.05, 3.63) is 68.2 Å². The minimum absolute atomic E-state index is 0.112. The molecule has 19 heavy (non-hydrogen) atoms. The summed E-state index contributed by atoms with van der Waals surface area (Å²) in [5.41, 5.74) is 1.96. The summed E-state index contributed by atoms with van der Waals surface area (Å²) in [6.45, 7) is 1.87. The molecule has 1 atom stereocenters. The molecule has 0 amide bonds. The van der Waals surface area contributed by atoms with E-state index in [1.807, 2.05) is 13.0 Å². The molecular weight excluding hydrogens is 401 g/mol. The van der Waals surface area contributed by atoms with Crippen molar-refractivity contribution in [3.63, 3.8) is 0 Å². The minimum atomic E-state index is -0.494. The lowest BCUT2D eigenvalue weighted by Crippen LogP contribution is -1.99. The zero-order chi connectivity index (χ0) is 14.2. The second kappa shape index (κ2) is 5.90. The van der Waals surface area contributed by atoms with E-state index >= 15 is 0 Å². The molecule has 0 spiro atoms. The van der Waals surface area contributed by atoms with E-state index in [1.165, 1.54) is 6.07 Å². The number of hydrogen-bond donors (Lipinski definition) is 0. The predicted molar refractivity (Wildman–Crippen MR) is 81.0 cm³/mol. The summed E-state index contributed by atoms with van der Waals surface area (Å²) in [7, 11) is 0. The molecule has 2 rings (SSSR count). The molecule has 0 nitrogen and oxygen atoms in total. The van der Waals surface area contributed by atoms with E-state index < -0.39 is 16.5 Å². The van der Waals surface area contributed by atoms with E-state index in [1.54, 1.807) is 12.1 Å². The summed E-state index contributed by atoms with van der Waals surface area (Å²) >= 11 is 12.3.